The monoisotopic (exact) mass is 162 g/mol. The molecule has 1 atom stereocenters. The van der Waals surface area contributed by atoms with E-state index in [1.165, 1.54) is 0 Å². The van der Waals surface area contributed by atoms with Gasteiger partial charge in [0.05, 0.1) is 17.9 Å². The van der Waals surface area contributed by atoms with Crippen LogP contribution in [0.1, 0.15) is 30.2 Å². The molecule has 3 nitrogen and oxygen atoms in total. The summed E-state index contributed by atoms with van der Waals surface area (Å²) in [6.07, 6.45) is 3.81. The second-order valence-electron chi connectivity index (χ2n) is 2.96. The summed E-state index contributed by atoms with van der Waals surface area (Å²) in [5.74, 6) is 0.801. The largest absolute Gasteiger partial charge is 0.466 e. The van der Waals surface area contributed by atoms with Gasteiger partial charge < -0.3 is 9.73 Å². The molecule has 3 heteroatoms. The molecular formula is C9H10N2O. The summed E-state index contributed by atoms with van der Waals surface area (Å²) in [5.41, 5.74) is 0.661. The van der Waals surface area contributed by atoms with Gasteiger partial charge in [0.2, 0.25) is 0 Å². The van der Waals surface area contributed by atoms with E-state index in [2.05, 4.69) is 11.4 Å². The predicted molar refractivity (Wildman–Crippen MR) is 43.4 cm³/mol. The summed E-state index contributed by atoms with van der Waals surface area (Å²) in [6.45, 7) is 1.02. The summed E-state index contributed by atoms with van der Waals surface area (Å²) in [5, 5.41) is 12.0. The summed E-state index contributed by atoms with van der Waals surface area (Å²) in [7, 11) is 0. The van der Waals surface area contributed by atoms with E-state index in [-0.39, 0.29) is 6.04 Å². The van der Waals surface area contributed by atoms with Crippen LogP contribution in [0.2, 0.25) is 0 Å². The van der Waals surface area contributed by atoms with Crippen molar-refractivity contribution in [3.63, 3.8) is 0 Å². The van der Waals surface area contributed by atoms with Gasteiger partial charge in [0.25, 0.3) is 0 Å². The topological polar surface area (TPSA) is 49.0 Å². The maximum absolute atomic E-state index is 8.73. The molecule has 1 saturated heterocycles. The molecule has 2 heterocycles. The van der Waals surface area contributed by atoms with Gasteiger partial charge >= 0.3 is 0 Å². The van der Waals surface area contributed by atoms with Gasteiger partial charge in [-0.1, -0.05) is 0 Å². The third-order valence-corrected chi connectivity index (χ3v) is 2.19. The predicted octanol–water partition coefficient (Wildman–Crippen LogP) is 1.58. The number of nitrogens with one attached hydrogen (secondary N) is 1. The average Bonchev–Trinajstić information content (AvgIpc) is 2.74. The zero-order valence-corrected chi connectivity index (χ0v) is 6.71. The summed E-state index contributed by atoms with van der Waals surface area (Å²) in [6, 6.07) is 4.10. The molecule has 62 valence electrons. The van der Waals surface area contributed by atoms with Gasteiger partial charge in [-0.25, -0.2) is 0 Å². The minimum atomic E-state index is 0.259. The van der Waals surface area contributed by atoms with Crippen LogP contribution in [-0.4, -0.2) is 6.54 Å². The molecule has 1 aliphatic rings. The molecule has 1 aliphatic heterocycles. The second kappa shape index (κ2) is 3.00. The summed E-state index contributed by atoms with van der Waals surface area (Å²) < 4.78 is 5.25. The Morgan fingerprint density at radius 1 is 1.67 bits per heavy atom. The first-order valence-corrected chi connectivity index (χ1v) is 4.12. The van der Waals surface area contributed by atoms with Gasteiger partial charge in [-0.2, -0.15) is 5.26 Å². The van der Waals surface area contributed by atoms with E-state index in [0.29, 0.717) is 5.56 Å². The van der Waals surface area contributed by atoms with Crippen LogP contribution in [0.25, 0.3) is 0 Å². The Labute approximate surface area is 71.0 Å². The van der Waals surface area contributed by atoms with E-state index in [4.69, 9.17) is 9.68 Å². The molecule has 0 bridgehead atoms. The van der Waals surface area contributed by atoms with Crippen LogP contribution >= 0.6 is 0 Å². The molecule has 2 rings (SSSR count). The molecule has 1 aromatic heterocycles. The second-order valence-corrected chi connectivity index (χ2v) is 2.96. The molecule has 0 aromatic carbocycles. The van der Waals surface area contributed by atoms with E-state index in [1.807, 2.05) is 0 Å². The van der Waals surface area contributed by atoms with E-state index in [9.17, 15) is 0 Å². The van der Waals surface area contributed by atoms with Crippen molar-refractivity contribution in [3.8, 4) is 6.07 Å². The molecular weight excluding hydrogens is 152 g/mol. The van der Waals surface area contributed by atoms with E-state index < -0.39 is 0 Å². The highest BCUT2D eigenvalue weighted by atomic mass is 16.3. The summed E-state index contributed by atoms with van der Waals surface area (Å²) in [4.78, 5) is 0. The lowest BCUT2D eigenvalue weighted by Gasteiger charge is -2.05. The van der Waals surface area contributed by atoms with Crippen molar-refractivity contribution >= 4 is 0 Å². The third-order valence-electron chi connectivity index (χ3n) is 2.19. The maximum atomic E-state index is 8.73. The first-order valence-electron chi connectivity index (χ1n) is 4.12. The number of nitriles is 1. The lowest BCUT2D eigenvalue weighted by Crippen LogP contribution is -2.12. The van der Waals surface area contributed by atoms with Gasteiger partial charge in [0, 0.05) is 0 Å². The van der Waals surface area contributed by atoms with E-state index >= 15 is 0 Å². The number of furan rings is 1. The highest BCUT2D eigenvalue weighted by Crippen LogP contribution is 2.26. The van der Waals surface area contributed by atoms with Gasteiger partial charge in [0.15, 0.2) is 0 Å². The molecule has 12 heavy (non-hydrogen) atoms. The fourth-order valence-electron chi connectivity index (χ4n) is 1.59. The normalized spacial score (nSPS) is 22.4. The van der Waals surface area contributed by atoms with Crippen LogP contribution in [0.15, 0.2) is 16.7 Å². The van der Waals surface area contributed by atoms with Crippen LogP contribution in [0, 0.1) is 11.3 Å². The quantitative estimate of drug-likeness (QED) is 0.682. The number of hydrogen-bond acceptors (Lipinski definition) is 3. The Balaban J connectivity index is 2.27. The van der Waals surface area contributed by atoms with Crippen molar-refractivity contribution in [2.24, 2.45) is 0 Å². The van der Waals surface area contributed by atoms with Gasteiger partial charge in [-0.3, -0.25) is 0 Å². The lowest BCUT2D eigenvalue weighted by atomic mass is 10.1. The van der Waals surface area contributed by atoms with Crippen LogP contribution in [0.5, 0.6) is 0 Å². The molecule has 0 unspecified atom stereocenters. The Morgan fingerprint density at radius 3 is 3.25 bits per heavy atom. The van der Waals surface area contributed by atoms with Crippen LogP contribution in [0.4, 0.5) is 0 Å². The standard InChI is InChI=1S/C9H10N2O/c10-6-7-3-5-12-9(7)8-2-1-4-11-8/h3,5,8,11H,1-2,4H2/t8-/m0/s1. The molecule has 1 aromatic rings. The Morgan fingerprint density at radius 2 is 2.58 bits per heavy atom. The molecule has 1 fully saturated rings. The zero-order chi connectivity index (χ0) is 8.39. The Hall–Kier alpha value is -1.27. The first-order chi connectivity index (χ1) is 5.92. The molecule has 0 spiro atoms. The Kier molecular flexibility index (Phi) is 1.84. The minimum Gasteiger partial charge on any atom is -0.466 e. The highest BCUT2D eigenvalue weighted by Gasteiger charge is 2.21. The van der Waals surface area contributed by atoms with Crippen molar-refractivity contribution in [1.82, 2.24) is 5.32 Å². The maximum Gasteiger partial charge on any atom is 0.138 e. The Bertz CT molecular complexity index is 305. The van der Waals surface area contributed by atoms with Crippen LogP contribution in [0.3, 0.4) is 0 Å². The third kappa shape index (κ3) is 1.10. The van der Waals surface area contributed by atoms with Gasteiger partial charge in [0.1, 0.15) is 11.8 Å². The molecule has 0 amide bonds. The summed E-state index contributed by atoms with van der Waals surface area (Å²) >= 11 is 0. The lowest BCUT2D eigenvalue weighted by molar-refractivity contribution is 0.444. The number of nitrogens with zero attached hydrogens (tertiary/aromatic N) is 1. The van der Waals surface area contributed by atoms with E-state index in [1.54, 1.807) is 12.3 Å². The van der Waals surface area contributed by atoms with Gasteiger partial charge in [-0.15, -0.1) is 0 Å². The molecule has 0 aliphatic carbocycles. The number of rotatable bonds is 1. The number of hydrogen-bond donors (Lipinski definition) is 1. The molecule has 0 saturated carbocycles. The van der Waals surface area contributed by atoms with E-state index in [0.717, 1.165) is 25.1 Å². The van der Waals surface area contributed by atoms with Crippen molar-refractivity contribution in [3.05, 3.63) is 23.7 Å². The SMILES string of the molecule is N#Cc1ccoc1[C@@H]1CCCN1. The molecule has 1 N–H and O–H groups in total. The minimum absolute atomic E-state index is 0.259. The van der Waals surface area contributed by atoms with Crippen molar-refractivity contribution in [1.29, 1.82) is 5.26 Å². The van der Waals surface area contributed by atoms with Gasteiger partial charge in [-0.05, 0) is 25.5 Å². The van der Waals surface area contributed by atoms with Crippen molar-refractivity contribution < 1.29 is 4.42 Å². The fourth-order valence-corrected chi connectivity index (χ4v) is 1.59. The van der Waals surface area contributed by atoms with Crippen molar-refractivity contribution in [2.75, 3.05) is 6.54 Å². The van der Waals surface area contributed by atoms with Crippen LogP contribution < -0.4 is 5.32 Å². The molecule has 0 radical (unpaired) electrons. The zero-order valence-electron chi connectivity index (χ0n) is 6.71. The first kappa shape index (κ1) is 7.38. The smallest absolute Gasteiger partial charge is 0.138 e. The highest BCUT2D eigenvalue weighted by molar-refractivity contribution is 5.33. The fraction of sp³-hybridized carbons (Fsp3) is 0.444. The average molecular weight is 162 g/mol. The van der Waals surface area contributed by atoms with Crippen LogP contribution in [-0.2, 0) is 0 Å². The van der Waals surface area contributed by atoms with Crippen molar-refractivity contribution in [2.45, 2.75) is 18.9 Å².